The van der Waals surface area contributed by atoms with Crippen molar-refractivity contribution in [3.63, 3.8) is 0 Å². The van der Waals surface area contributed by atoms with Gasteiger partial charge in [-0.3, -0.25) is 0 Å². The van der Waals surface area contributed by atoms with Crippen LogP contribution >= 0.6 is 0 Å². The largest absolute Gasteiger partial charge is 0.393 e. The van der Waals surface area contributed by atoms with Crippen molar-refractivity contribution in [2.24, 2.45) is 17.1 Å². The topological polar surface area (TPSA) is 46.2 Å². The zero-order valence-electron chi connectivity index (χ0n) is 8.80. The molecular formula is C10H23NO. The van der Waals surface area contributed by atoms with Gasteiger partial charge in [-0.2, -0.15) is 0 Å². The van der Waals surface area contributed by atoms with Gasteiger partial charge in [0.1, 0.15) is 0 Å². The van der Waals surface area contributed by atoms with Crippen molar-refractivity contribution in [3.8, 4) is 0 Å². The summed E-state index contributed by atoms with van der Waals surface area (Å²) < 4.78 is 0. The quantitative estimate of drug-likeness (QED) is 0.665. The molecule has 2 heteroatoms. The maximum Gasteiger partial charge on any atom is 0.0577 e. The minimum atomic E-state index is -0.309. The normalized spacial score (nSPS) is 21.5. The molecular weight excluding hydrogens is 150 g/mol. The standard InChI is InChI=1S/C10H23NO/c1-5-8(2)6-10(4,7-11)9(3)12/h8-9,12H,5-7,11H2,1-4H3. The van der Waals surface area contributed by atoms with Crippen LogP contribution in [0.5, 0.6) is 0 Å². The maximum atomic E-state index is 9.54. The van der Waals surface area contributed by atoms with E-state index in [1.165, 1.54) is 0 Å². The minimum Gasteiger partial charge on any atom is -0.393 e. The fourth-order valence-electron chi connectivity index (χ4n) is 1.36. The number of aliphatic hydroxyl groups is 1. The highest BCUT2D eigenvalue weighted by atomic mass is 16.3. The smallest absolute Gasteiger partial charge is 0.0577 e. The van der Waals surface area contributed by atoms with E-state index in [9.17, 15) is 5.11 Å². The van der Waals surface area contributed by atoms with E-state index in [1.807, 2.05) is 6.92 Å². The lowest BCUT2D eigenvalue weighted by atomic mass is 9.77. The molecule has 3 unspecified atom stereocenters. The Morgan fingerprint density at radius 2 is 1.92 bits per heavy atom. The van der Waals surface area contributed by atoms with Crippen LogP contribution < -0.4 is 5.73 Å². The lowest BCUT2D eigenvalue weighted by Crippen LogP contribution is -2.38. The molecule has 0 aliphatic carbocycles. The molecule has 0 saturated heterocycles. The molecule has 0 bridgehead atoms. The molecule has 0 rings (SSSR count). The van der Waals surface area contributed by atoms with Gasteiger partial charge in [0, 0.05) is 12.0 Å². The van der Waals surface area contributed by atoms with Crippen LogP contribution in [0.25, 0.3) is 0 Å². The van der Waals surface area contributed by atoms with E-state index in [4.69, 9.17) is 5.73 Å². The summed E-state index contributed by atoms with van der Waals surface area (Å²) in [6.07, 6.45) is 1.86. The Kier molecular flexibility index (Phi) is 4.80. The van der Waals surface area contributed by atoms with Crippen LogP contribution in [-0.2, 0) is 0 Å². The predicted octanol–water partition coefficient (Wildman–Crippen LogP) is 1.77. The Morgan fingerprint density at radius 1 is 1.42 bits per heavy atom. The Labute approximate surface area is 76.2 Å². The summed E-state index contributed by atoms with van der Waals surface area (Å²) in [5.41, 5.74) is 5.55. The van der Waals surface area contributed by atoms with E-state index >= 15 is 0 Å². The Balaban J connectivity index is 4.14. The first-order valence-corrected chi connectivity index (χ1v) is 4.84. The van der Waals surface area contributed by atoms with E-state index in [1.54, 1.807) is 0 Å². The van der Waals surface area contributed by atoms with Crippen LogP contribution in [0.2, 0.25) is 0 Å². The Bertz CT molecular complexity index is 125. The fraction of sp³-hybridized carbons (Fsp3) is 1.00. The van der Waals surface area contributed by atoms with Gasteiger partial charge < -0.3 is 10.8 Å². The van der Waals surface area contributed by atoms with Crippen LogP contribution in [-0.4, -0.2) is 17.8 Å². The van der Waals surface area contributed by atoms with Gasteiger partial charge in [0.05, 0.1) is 6.10 Å². The fourth-order valence-corrected chi connectivity index (χ4v) is 1.36. The summed E-state index contributed by atoms with van der Waals surface area (Å²) in [6, 6.07) is 0. The first-order valence-electron chi connectivity index (χ1n) is 4.84. The van der Waals surface area contributed by atoms with Crippen molar-refractivity contribution in [3.05, 3.63) is 0 Å². The van der Waals surface area contributed by atoms with Crippen LogP contribution in [0.15, 0.2) is 0 Å². The van der Waals surface area contributed by atoms with Gasteiger partial charge in [-0.25, -0.2) is 0 Å². The van der Waals surface area contributed by atoms with Crippen molar-refractivity contribution >= 4 is 0 Å². The zero-order valence-corrected chi connectivity index (χ0v) is 8.80. The average molecular weight is 173 g/mol. The molecule has 3 N–H and O–H groups in total. The molecule has 0 aromatic rings. The van der Waals surface area contributed by atoms with Gasteiger partial charge in [-0.05, 0) is 19.3 Å². The molecule has 74 valence electrons. The molecule has 0 aromatic heterocycles. The molecule has 12 heavy (non-hydrogen) atoms. The third-order valence-corrected chi connectivity index (χ3v) is 2.99. The van der Waals surface area contributed by atoms with Gasteiger partial charge in [-0.1, -0.05) is 27.2 Å². The van der Waals surface area contributed by atoms with Gasteiger partial charge in [0.25, 0.3) is 0 Å². The maximum absolute atomic E-state index is 9.54. The number of aliphatic hydroxyl groups excluding tert-OH is 1. The van der Waals surface area contributed by atoms with Crippen molar-refractivity contribution < 1.29 is 5.11 Å². The first kappa shape index (κ1) is 11.9. The summed E-state index contributed by atoms with van der Waals surface area (Å²) in [4.78, 5) is 0. The summed E-state index contributed by atoms with van der Waals surface area (Å²) in [5, 5.41) is 9.54. The summed E-state index contributed by atoms with van der Waals surface area (Å²) >= 11 is 0. The summed E-state index contributed by atoms with van der Waals surface area (Å²) in [5.74, 6) is 0.646. The SMILES string of the molecule is CCC(C)CC(C)(CN)C(C)O. The lowest BCUT2D eigenvalue weighted by Gasteiger charge is -2.33. The first-order chi connectivity index (χ1) is 5.46. The van der Waals surface area contributed by atoms with Crippen LogP contribution in [0.3, 0.4) is 0 Å². The molecule has 0 heterocycles. The number of hydrogen-bond acceptors (Lipinski definition) is 2. The Hall–Kier alpha value is -0.0800. The predicted molar refractivity (Wildman–Crippen MR) is 52.9 cm³/mol. The summed E-state index contributed by atoms with van der Waals surface area (Å²) in [7, 11) is 0. The van der Waals surface area contributed by atoms with E-state index < -0.39 is 0 Å². The van der Waals surface area contributed by atoms with Crippen LogP contribution in [0.4, 0.5) is 0 Å². The molecule has 0 radical (unpaired) electrons. The van der Waals surface area contributed by atoms with Crippen LogP contribution in [0.1, 0.15) is 40.5 Å². The van der Waals surface area contributed by atoms with E-state index in [0.717, 1.165) is 12.8 Å². The molecule has 0 amide bonds. The number of hydrogen-bond donors (Lipinski definition) is 2. The molecule has 0 spiro atoms. The van der Waals surface area contributed by atoms with Crippen molar-refractivity contribution in [1.82, 2.24) is 0 Å². The molecule has 0 aliphatic heterocycles. The average Bonchev–Trinajstić information content (AvgIpc) is 2.03. The van der Waals surface area contributed by atoms with E-state index in [0.29, 0.717) is 12.5 Å². The van der Waals surface area contributed by atoms with E-state index in [2.05, 4.69) is 20.8 Å². The molecule has 3 atom stereocenters. The number of nitrogens with two attached hydrogens (primary N) is 1. The van der Waals surface area contributed by atoms with Crippen LogP contribution in [0, 0.1) is 11.3 Å². The van der Waals surface area contributed by atoms with Crippen molar-refractivity contribution in [2.45, 2.75) is 46.6 Å². The minimum absolute atomic E-state index is 0.102. The van der Waals surface area contributed by atoms with Gasteiger partial charge >= 0.3 is 0 Å². The zero-order chi connectivity index (χ0) is 9.78. The third kappa shape index (κ3) is 3.11. The summed E-state index contributed by atoms with van der Waals surface area (Å²) in [6.45, 7) is 8.83. The van der Waals surface area contributed by atoms with E-state index in [-0.39, 0.29) is 11.5 Å². The van der Waals surface area contributed by atoms with Gasteiger partial charge in [0.15, 0.2) is 0 Å². The second-order valence-corrected chi connectivity index (χ2v) is 4.25. The second kappa shape index (κ2) is 4.83. The second-order valence-electron chi connectivity index (χ2n) is 4.25. The highest BCUT2D eigenvalue weighted by Gasteiger charge is 2.29. The third-order valence-electron chi connectivity index (χ3n) is 2.99. The highest BCUT2D eigenvalue weighted by molar-refractivity contribution is 4.82. The lowest BCUT2D eigenvalue weighted by molar-refractivity contribution is 0.0405. The molecule has 2 nitrogen and oxygen atoms in total. The van der Waals surface area contributed by atoms with Crippen molar-refractivity contribution in [2.75, 3.05) is 6.54 Å². The monoisotopic (exact) mass is 173 g/mol. The molecule has 0 saturated carbocycles. The highest BCUT2D eigenvalue weighted by Crippen LogP contribution is 2.29. The Morgan fingerprint density at radius 3 is 2.17 bits per heavy atom. The van der Waals surface area contributed by atoms with Gasteiger partial charge in [0.2, 0.25) is 0 Å². The van der Waals surface area contributed by atoms with Gasteiger partial charge in [-0.15, -0.1) is 0 Å². The van der Waals surface area contributed by atoms with Crippen molar-refractivity contribution in [1.29, 1.82) is 0 Å². The molecule has 0 aliphatic rings. The number of rotatable bonds is 5. The molecule has 0 fully saturated rings. The molecule has 0 aromatic carbocycles.